The van der Waals surface area contributed by atoms with Crippen molar-refractivity contribution in [2.24, 2.45) is 5.73 Å². The Morgan fingerprint density at radius 3 is 2.82 bits per heavy atom. The predicted molar refractivity (Wildman–Crippen MR) is 60.1 cm³/mol. The lowest BCUT2D eigenvalue weighted by atomic mass is 10.2. The molecular weight excluding hydrogens is 245 g/mol. The van der Waals surface area contributed by atoms with E-state index >= 15 is 0 Å². The third-order valence-electron chi connectivity index (χ3n) is 2.86. The average Bonchev–Trinajstić information content (AvgIpc) is 2.64. The Morgan fingerprint density at radius 1 is 1.47 bits per heavy atom. The number of nitrogens with zero attached hydrogens (tertiary/aromatic N) is 1. The maximum Gasteiger partial charge on any atom is 0.261 e. The largest absolute Gasteiger partial charge is 0.326 e. The first-order valence-corrected chi connectivity index (χ1v) is 6.87. The van der Waals surface area contributed by atoms with E-state index in [1.54, 1.807) is 0 Å². The smallest absolute Gasteiger partial charge is 0.261 e. The molecule has 0 saturated heterocycles. The molecule has 1 aliphatic carbocycles. The van der Waals surface area contributed by atoms with Crippen molar-refractivity contribution in [2.45, 2.75) is 36.4 Å². The van der Waals surface area contributed by atoms with Gasteiger partial charge in [-0.3, -0.25) is 0 Å². The van der Waals surface area contributed by atoms with Gasteiger partial charge in [-0.15, -0.1) is 0 Å². The summed E-state index contributed by atoms with van der Waals surface area (Å²) in [4.78, 5) is 3.55. The molecule has 0 aliphatic heterocycles. The fraction of sp³-hybridized carbons (Fsp3) is 0.500. The Kier molecular flexibility index (Phi) is 3.41. The number of rotatable bonds is 3. The van der Waals surface area contributed by atoms with Crippen LogP contribution in [0.4, 0.5) is 4.39 Å². The minimum absolute atomic E-state index is 0.212. The molecule has 1 saturated carbocycles. The maximum atomic E-state index is 13.3. The first-order valence-electron chi connectivity index (χ1n) is 5.39. The number of pyridine rings is 1. The van der Waals surface area contributed by atoms with E-state index in [0.717, 1.165) is 18.9 Å². The third kappa shape index (κ3) is 2.62. The van der Waals surface area contributed by atoms with Gasteiger partial charge in [0.05, 0.1) is 0 Å². The fourth-order valence-corrected chi connectivity index (χ4v) is 3.29. The highest BCUT2D eigenvalue weighted by atomic mass is 32.2. The van der Waals surface area contributed by atoms with Gasteiger partial charge in [-0.05, 0) is 25.0 Å². The van der Waals surface area contributed by atoms with Gasteiger partial charge >= 0.3 is 0 Å². The molecule has 2 unspecified atom stereocenters. The lowest BCUT2D eigenvalue weighted by molar-refractivity contribution is 0.508. The van der Waals surface area contributed by atoms with Crippen LogP contribution in [-0.4, -0.2) is 25.5 Å². The number of nitrogens with two attached hydrogens (primary N) is 1. The topological polar surface area (TPSA) is 85.1 Å². The standard InChI is InChI=1S/C10H14FN3O2S/c11-7-3-2-6-13-10(7)17(15,16)14-9-5-1-4-8(9)12/h2-3,6,8-9,14H,1,4-5,12H2. The summed E-state index contributed by atoms with van der Waals surface area (Å²) in [6, 6.07) is 1.86. The van der Waals surface area contributed by atoms with Crippen molar-refractivity contribution in [2.75, 3.05) is 0 Å². The molecule has 1 aromatic rings. The highest BCUT2D eigenvalue weighted by Gasteiger charge is 2.30. The van der Waals surface area contributed by atoms with Gasteiger partial charge in [0, 0.05) is 18.3 Å². The van der Waals surface area contributed by atoms with E-state index in [1.807, 2.05) is 0 Å². The van der Waals surface area contributed by atoms with Crippen LogP contribution in [0.15, 0.2) is 23.4 Å². The van der Waals surface area contributed by atoms with Crippen molar-refractivity contribution < 1.29 is 12.8 Å². The van der Waals surface area contributed by atoms with Crippen LogP contribution in [0.25, 0.3) is 0 Å². The Balaban J connectivity index is 2.22. The monoisotopic (exact) mass is 259 g/mol. The highest BCUT2D eigenvalue weighted by Crippen LogP contribution is 2.20. The summed E-state index contributed by atoms with van der Waals surface area (Å²) in [6.07, 6.45) is 3.57. The fourth-order valence-electron chi connectivity index (χ4n) is 1.96. The zero-order valence-corrected chi connectivity index (χ0v) is 9.95. The molecule has 1 heterocycles. The normalized spacial score (nSPS) is 25.1. The van der Waals surface area contributed by atoms with E-state index in [2.05, 4.69) is 9.71 Å². The molecule has 0 spiro atoms. The molecule has 1 aromatic heterocycles. The number of hydrogen-bond acceptors (Lipinski definition) is 4. The van der Waals surface area contributed by atoms with Gasteiger partial charge in [-0.2, -0.15) is 0 Å². The summed E-state index contributed by atoms with van der Waals surface area (Å²) in [6.45, 7) is 0. The van der Waals surface area contributed by atoms with Gasteiger partial charge in [-0.1, -0.05) is 6.42 Å². The van der Waals surface area contributed by atoms with Crippen LogP contribution in [0, 0.1) is 5.82 Å². The van der Waals surface area contributed by atoms with E-state index < -0.39 is 20.9 Å². The molecule has 0 amide bonds. The molecule has 2 atom stereocenters. The molecule has 0 aromatic carbocycles. The van der Waals surface area contributed by atoms with E-state index in [-0.39, 0.29) is 12.1 Å². The zero-order chi connectivity index (χ0) is 12.5. The van der Waals surface area contributed by atoms with E-state index in [4.69, 9.17) is 5.73 Å². The van der Waals surface area contributed by atoms with Crippen molar-refractivity contribution in [1.82, 2.24) is 9.71 Å². The number of nitrogens with one attached hydrogen (secondary N) is 1. The SMILES string of the molecule is NC1CCCC1NS(=O)(=O)c1ncccc1F. The average molecular weight is 259 g/mol. The summed E-state index contributed by atoms with van der Waals surface area (Å²) >= 11 is 0. The molecule has 0 radical (unpaired) electrons. The van der Waals surface area contributed by atoms with Gasteiger partial charge in [0.15, 0.2) is 5.82 Å². The molecule has 1 fully saturated rings. The van der Waals surface area contributed by atoms with Gasteiger partial charge in [0.1, 0.15) is 0 Å². The lowest BCUT2D eigenvalue weighted by Crippen LogP contribution is -2.44. The number of hydrogen-bond donors (Lipinski definition) is 2. The molecule has 1 aliphatic rings. The van der Waals surface area contributed by atoms with Crippen molar-refractivity contribution >= 4 is 10.0 Å². The second kappa shape index (κ2) is 4.67. The van der Waals surface area contributed by atoms with E-state index in [9.17, 15) is 12.8 Å². The molecule has 94 valence electrons. The lowest BCUT2D eigenvalue weighted by Gasteiger charge is -2.16. The van der Waals surface area contributed by atoms with E-state index in [0.29, 0.717) is 6.42 Å². The summed E-state index contributed by atoms with van der Waals surface area (Å²) in [5.41, 5.74) is 5.76. The van der Waals surface area contributed by atoms with Crippen molar-refractivity contribution in [3.8, 4) is 0 Å². The maximum absolute atomic E-state index is 13.3. The summed E-state index contributed by atoms with van der Waals surface area (Å²) in [5.74, 6) is -0.855. The van der Waals surface area contributed by atoms with Gasteiger partial charge in [0.2, 0.25) is 5.03 Å². The Bertz CT molecular complexity index is 506. The number of aromatic nitrogens is 1. The number of sulfonamides is 1. The molecule has 17 heavy (non-hydrogen) atoms. The van der Waals surface area contributed by atoms with Crippen LogP contribution in [0.1, 0.15) is 19.3 Å². The Morgan fingerprint density at radius 2 is 2.24 bits per heavy atom. The van der Waals surface area contributed by atoms with Gasteiger partial charge < -0.3 is 5.73 Å². The Hall–Kier alpha value is -1.05. The quantitative estimate of drug-likeness (QED) is 0.821. The third-order valence-corrected chi connectivity index (χ3v) is 4.28. The first-order chi connectivity index (χ1) is 8.00. The van der Waals surface area contributed by atoms with Crippen LogP contribution < -0.4 is 10.5 Å². The second-order valence-corrected chi connectivity index (χ2v) is 5.74. The van der Waals surface area contributed by atoms with Crippen LogP contribution in [0.2, 0.25) is 0 Å². The Labute approximate surface area is 99.3 Å². The molecular formula is C10H14FN3O2S. The highest BCUT2D eigenvalue weighted by molar-refractivity contribution is 7.89. The minimum Gasteiger partial charge on any atom is -0.326 e. The summed E-state index contributed by atoms with van der Waals surface area (Å²) in [5, 5.41) is -0.570. The van der Waals surface area contributed by atoms with Crippen LogP contribution in [0.5, 0.6) is 0 Å². The first kappa shape index (κ1) is 12.4. The second-order valence-electron chi connectivity index (χ2n) is 4.11. The van der Waals surface area contributed by atoms with Gasteiger partial charge in [0.25, 0.3) is 10.0 Å². The van der Waals surface area contributed by atoms with E-state index in [1.165, 1.54) is 12.3 Å². The number of halogens is 1. The summed E-state index contributed by atoms with van der Waals surface area (Å²) in [7, 11) is -3.92. The minimum atomic E-state index is -3.92. The van der Waals surface area contributed by atoms with Crippen molar-refractivity contribution in [1.29, 1.82) is 0 Å². The molecule has 0 bridgehead atoms. The van der Waals surface area contributed by atoms with Crippen molar-refractivity contribution in [3.63, 3.8) is 0 Å². The molecule has 5 nitrogen and oxygen atoms in total. The summed E-state index contributed by atoms with van der Waals surface area (Å²) < 4.78 is 39.5. The van der Waals surface area contributed by atoms with Gasteiger partial charge in [-0.25, -0.2) is 22.5 Å². The van der Waals surface area contributed by atoms with Crippen LogP contribution in [0.3, 0.4) is 0 Å². The molecule has 3 N–H and O–H groups in total. The molecule has 7 heteroatoms. The predicted octanol–water partition coefficient (Wildman–Crippen LogP) is 0.379. The van der Waals surface area contributed by atoms with Crippen molar-refractivity contribution in [3.05, 3.63) is 24.1 Å². The zero-order valence-electron chi connectivity index (χ0n) is 9.14. The van der Waals surface area contributed by atoms with Crippen LogP contribution >= 0.6 is 0 Å². The van der Waals surface area contributed by atoms with Crippen LogP contribution in [-0.2, 0) is 10.0 Å². The molecule has 2 rings (SSSR count).